The maximum Gasteiger partial charge on any atom is 0.0980 e. The van der Waals surface area contributed by atoms with E-state index in [1.807, 2.05) is 25.3 Å². The Morgan fingerprint density at radius 2 is 1.95 bits per heavy atom. The molecule has 0 spiro atoms. The molecule has 1 N–H and O–H groups in total. The van der Waals surface area contributed by atoms with Crippen molar-refractivity contribution < 1.29 is 9.15 Å². The van der Waals surface area contributed by atoms with Gasteiger partial charge in [0.25, 0.3) is 0 Å². The molecule has 2 aromatic rings. The lowest BCUT2D eigenvalue weighted by Crippen LogP contribution is -2.38. The monoisotopic (exact) mass is 287 g/mol. The van der Waals surface area contributed by atoms with Gasteiger partial charge < -0.3 is 14.5 Å². The molecule has 1 heterocycles. The number of nitrogens with one attached hydrogen (secondary N) is 1. The fourth-order valence-electron chi connectivity index (χ4n) is 2.55. The lowest BCUT2D eigenvalue weighted by molar-refractivity contribution is 0.0332. The van der Waals surface area contributed by atoms with Crippen LogP contribution in [0, 0.1) is 0 Å². The minimum atomic E-state index is 0.0534. The standard InChI is InChI=1S/C18H25NO2/c1-3-11-19-17(13-15-10-12-20-14-15)18(21-4-2)16-8-6-5-7-9-16/h5-10,12,14,17-19H,3-4,11,13H2,1-2H3. The van der Waals surface area contributed by atoms with E-state index in [9.17, 15) is 0 Å². The van der Waals surface area contributed by atoms with Crippen LogP contribution in [0.1, 0.15) is 37.5 Å². The number of furan rings is 1. The minimum absolute atomic E-state index is 0.0534. The zero-order valence-corrected chi connectivity index (χ0v) is 12.9. The van der Waals surface area contributed by atoms with E-state index in [0.29, 0.717) is 6.61 Å². The molecule has 3 nitrogen and oxygen atoms in total. The van der Waals surface area contributed by atoms with E-state index in [1.54, 1.807) is 6.26 Å². The summed E-state index contributed by atoms with van der Waals surface area (Å²) in [6.45, 7) is 5.92. The number of hydrogen-bond donors (Lipinski definition) is 1. The highest BCUT2D eigenvalue weighted by Crippen LogP contribution is 2.24. The minimum Gasteiger partial charge on any atom is -0.472 e. The van der Waals surface area contributed by atoms with Crippen LogP contribution in [-0.4, -0.2) is 19.2 Å². The second kappa shape index (κ2) is 8.65. The lowest BCUT2D eigenvalue weighted by Gasteiger charge is -2.28. The third-order valence-corrected chi connectivity index (χ3v) is 3.53. The summed E-state index contributed by atoms with van der Waals surface area (Å²) < 4.78 is 11.2. The van der Waals surface area contributed by atoms with E-state index in [0.717, 1.165) is 19.4 Å². The molecule has 1 aromatic carbocycles. The van der Waals surface area contributed by atoms with Crippen molar-refractivity contribution in [1.29, 1.82) is 0 Å². The Bertz CT molecular complexity index is 481. The Hall–Kier alpha value is -1.58. The Balaban J connectivity index is 2.17. The van der Waals surface area contributed by atoms with E-state index in [4.69, 9.17) is 9.15 Å². The van der Waals surface area contributed by atoms with Crippen molar-refractivity contribution in [3.05, 3.63) is 60.1 Å². The summed E-state index contributed by atoms with van der Waals surface area (Å²) in [5.41, 5.74) is 2.42. The summed E-state index contributed by atoms with van der Waals surface area (Å²) in [7, 11) is 0. The molecule has 0 saturated heterocycles. The molecule has 1 aromatic heterocycles. The van der Waals surface area contributed by atoms with Crippen molar-refractivity contribution in [2.45, 2.75) is 38.8 Å². The number of hydrogen-bond acceptors (Lipinski definition) is 3. The molecule has 3 heteroatoms. The van der Waals surface area contributed by atoms with Gasteiger partial charge in [0, 0.05) is 12.6 Å². The first-order valence-electron chi connectivity index (χ1n) is 7.76. The highest BCUT2D eigenvalue weighted by molar-refractivity contribution is 5.21. The fraction of sp³-hybridized carbons (Fsp3) is 0.444. The summed E-state index contributed by atoms with van der Waals surface area (Å²) in [5.74, 6) is 0. The second-order valence-corrected chi connectivity index (χ2v) is 5.18. The van der Waals surface area contributed by atoms with Gasteiger partial charge >= 0.3 is 0 Å². The first-order chi connectivity index (χ1) is 10.3. The van der Waals surface area contributed by atoms with Crippen LogP contribution < -0.4 is 5.32 Å². The van der Waals surface area contributed by atoms with Crippen LogP contribution in [0.15, 0.2) is 53.3 Å². The molecule has 0 aliphatic rings. The zero-order valence-electron chi connectivity index (χ0n) is 12.9. The number of ether oxygens (including phenoxy) is 1. The molecule has 2 unspecified atom stereocenters. The van der Waals surface area contributed by atoms with Gasteiger partial charge in [-0.1, -0.05) is 37.3 Å². The summed E-state index contributed by atoms with van der Waals surface area (Å²) in [5, 5.41) is 3.62. The molecule has 114 valence electrons. The van der Waals surface area contributed by atoms with Crippen molar-refractivity contribution in [2.24, 2.45) is 0 Å². The van der Waals surface area contributed by atoms with Crippen LogP contribution in [0.5, 0.6) is 0 Å². The molecular formula is C18H25NO2. The Labute approximate surface area is 127 Å². The van der Waals surface area contributed by atoms with Crippen molar-refractivity contribution in [3.8, 4) is 0 Å². The SMILES string of the molecule is CCCNC(Cc1ccoc1)C(OCC)c1ccccc1. The fourth-order valence-corrected chi connectivity index (χ4v) is 2.55. The largest absolute Gasteiger partial charge is 0.472 e. The molecule has 0 radical (unpaired) electrons. The maximum absolute atomic E-state index is 6.04. The summed E-state index contributed by atoms with van der Waals surface area (Å²) in [6.07, 6.45) is 5.60. The van der Waals surface area contributed by atoms with Gasteiger partial charge in [-0.3, -0.25) is 0 Å². The molecule has 21 heavy (non-hydrogen) atoms. The molecule has 2 rings (SSSR count). The van der Waals surface area contributed by atoms with Gasteiger partial charge in [0.2, 0.25) is 0 Å². The molecule has 0 amide bonds. The molecule has 0 bridgehead atoms. The van der Waals surface area contributed by atoms with Gasteiger partial charge in [-0.15, -0.1) is 0 Å². The van der Waals surface area contributed by atoms with Crippen molar-refractivity contribution in [1.82, 2.24) is 5.32 Å². The number of benzene rings is 1. The smallest absolute Gasteiger partial charge is 0.0980 e. The van der Waals surface area contributed by atoms with Crippen molar-refractivity contribution in [2.75, 3.05) is 13.2 Å². The third kappa shape index (κ3) is 4.73. The number of rotatable bonds is 9. The molecular weight excluding hydrogens is 262 g/mol. The highest BCUT2D eigenvalue weighted by atomic mass is 16.5. The molecule has 0 saturated carbocycles. The zero-order chi connectivity index (χ0) is 14.9. The maximum atomic E-state index is 6.04. The predicted molar refractivity (Wildman–Crippen MR) is 85.3 cm³/mol. The van der Waals surface area contributed by atoms with Gasteiger partial charge in [-0.2, -0.15) is 0 Å². The van der Waals surface area contributed by atoms with Crippen LogP contribution >= 0.6 is 0 Å². The normalized spacial score (nSPS) is 14.0. The second-order valence-electron chi connectivity index (χ2n) is 5.18. The molecule has 0 aliphatic heterocycles. The average molecular weight is 287 g/mol. The van der Waals surface area contributed by atoms with Gasteiger partial charge in [-0.25, -0.2) is 0 Å². The molecule has 0 aliphatic carbocycles. The van der Waals surface area contributed by atoms with Crippen LogP contribution in [0.4, 0.5) is 0 Å². The summed E-state index contributed by atoms with van der Waals surface area (Å²) in [6, 6.07) is 12.7. The average Bonchev–Trinajstić information content (AvgIpc) is 3.03. The Morgan fingerprint density at radius 1 is 1.14 bits per heavy atom. The topological polar surface area (TPSA) is 34.4 Å². The quantitative estimate of drug-likeness (QED) is 0.758. The van der Waals surface area contributed by atoms with E-state index >= 15 is 0 Å². The van der Waals surface area contributed by atoms with Crippen molar-refractivity contribution in [3.63, 3.8) is 0 Å². The van der Waals surface area contributed by atoms with Crippen LogP contribution in [0.25, 0.3) is 0 Å². The van der Waals surface area contributed by atoms with Gasteiger partial charge in [0.15, 0.2) is 0 Å². The Morgan fingerprint density at radius 3 is 2.57 bits per heavy atom. The highest BCUT2D eigenvalue weighted by Gasteiger charge is 2.23. The summed E-state index contributed by atoms with van der Waals surface area (Å²) in [4.78, 5) is 0. The van der Waals surface area contributed by atoms with E-state index in [1.165, 1.54) is 11.1 Å². The van der Waals surface area contributed by atoms with Crippen LogP contribution in [0.2, 0.25) is 0 Å². The van der Waals surface area contributed by atoms with Crippen LogP contribution in [0.3, 0.4) is 0 Å². The van der Waals surface area contributed by atoms with Gasteiger partial charge in [0.1, 0.15) is 0 Å². The molecule has 2 atom stereocenters. The first-order valence-corrected chi connectivity index (χ1v) is 7.76. The van der Waals surface area contributed by atoms with Gasteiger partial charge in [0.05, 0.1) is 18.6 Å². The van der Waals surface area contributed by atoms with Gasteiger partial charge in [-0.05, 0) is 43.5 Å². The molecule has 0 fully saturated rings. The first kappa shape index (κ1) is 15.8. The third-order valence-electron chi connectivity index (χ3n) is 3.53. The summed E-state index contributed by atoms with van der Waals surface area (Å²) >= 11 is 0. The van der Waals surface area contributed by atoms with E-state index in [-0.39, 0.29) is 12.1 Å². The predicted octanol–water partition coefficient (Wildman–Crippen LogP) is 3.97. The van der Waals surface area contributed by atoms with Crippen LogP contribution in [-0.2, 0) is 11.2 Å². The Kier molecular flexibility index (Phi) is 6.51. The lowest BCUT2D eigenvalue weighted by atomic mass is 9.97. The van der Waals surface area contributed by atoms with Crippen molar-refractivity contribution >= 4 is 0 Å². The van der Waals surface area contributed by atoms with E-state index < -0.39 is 0 Å². The van der Waals surface area contributed by atoms with E-state index in [2.05, 4.69) is 36.5 Å².